The highest BCUT2D eigenvalue weighted by molar-refractivity contribution is 7.16. The van der Waals surface area contributed by atoms with E-state index >= 15 is 0 Å². The third-order valence-corrected chi connectivity index (χ3v) is 4.95. The molecule has 1 aliphatic rings. The summed E-state index contributed by atoms with van der Waals surface area (Å²) in [6, 6.07) is 5.70. The Balaban J connectivity index is 2.00. The van der Waals surface area contributed by atoms with Crippen LogP contribution in [0.5, 0.6) is 0 Å². The van der Waals surface area contributed by atoms with E-state index in [0.717, 1.165) is 16.5 Å². The number of anilines is 2. The lowest BCUT2D eigenvalue weighted by molar-refractivity contribution is -0.393. The van der Waals surface area contributed by atoms with Crippen LogP contribution in [0.1, 0.15) is 16.0 Å². The highest BCUT2D eigenvalue weighted by atomic mass is 32.1. The molecule has 0 bridgehead atoms. The average Bonchev–Trinajstić information content (AvgIpc) is 2.88. The van der Waals surface area contributed by atoms with Crippen molar-refractivity contribution in [3.63, 3.8) is 0 Å². The third kappa shape index (κ3) is 2.50. The van der Waals surface area contributed by atoms with Gasteiger partial charge in [0, 0.05) is 17.5 Å². The Morgan fingerprint density at radius 3 is 2.67 bits per heavy atom. The zero-order valence-electron chi connectivity index (χ0n) is 12.3. The van der Waals surface area contributed by atoms with Gasteiger partial charge in [0.1, 0.15) is 16.8 Å². The summed E-state index contributed by atoms with van der Waals surface area (Å²) in [5.74, 6) is 0. The summed E-state index contributed by atoms with van der Waals surface area (Å²) < 4.78 is 0. The van der Waals surface area contributed by atoms with Crippen LogP contribution in [0.4, 0.5) is 22.1 Å². The Morgan fingerprint density at radius 2 is 2.04 bits per heavy atom. The van der Waals surface area contributed by atoms with Crippen LogP contribution in [-0.2, 0) is 13.0 Å². The standard InChI is InChI=1S/C14H11N5O4S/c15-6-10-9-3-4-17(7-13(9)24-14(10)16)11-2-1-8(18(20)21)5-12(11)19(22)23/h1-2,5H,3-4,7,16H2. The minimum Gasteiger partial charge on any atom is -0.389 e. The number of hydrogen-bond donors (Lipinski definition) is 1. The van der Waals surface area contributed by atoms with Gasteiger partial charge in [0.2, 0.25) is 0 Å². The molecule has 0 amide bonds. The number of benzene rings is 1. The molecule has 10 heteroatoms. The van der Waals surface area contributed by atoms with Crippen molar-refractivity contribution in [3.05, 3.63) is 54.4 Å². The number of nitro benzene ring substituents is 2. The number of non-ortho nitro benzene ring substituents is 1. The maximum Gasteiger partial charge on any atom is 0.299 e. The van der Waals surface area contributed by atoms with Crippen LogP contribution in [0.3, 0.4) is 0 Å². The number of fused-ring (bicyclic) bond motifs is 1. The molecular formula is C14H11N5O4S. The summed E-state index contributed by atoms with van der Waals surface area (Å²) >= 11 is 1.30. The normalized spacial score (nSPS) is 13.2. The first-order valence-electron chi connectivity index (χ1n) is 6.90. The minimum atomic E-state index is -0.662. The fourth-order valence-electron chi connectivity index (χ4n) is 2.79. The lowest BCUT2D eigenvalue weighted by Gasteiger charge is -2.28. The molecule has 0 saturated carbocycles. The molecule has 0 aliphatic carbocycles. The zero-order chi connectivity index (χ0) is 17.4. The summed E-state index contributed by atoms with van der Waals surface area (Å²) in [5, 5.41) is 31.7. The fraction of sp³-hybridized carbons (Fsp3) is 0.214. The van der Waals surface area contributed by atoms with Crippen LogP contribution >= 0.6 is 11.3 Å². The highest BCUT2D eigenvalue weighted by Gasteiger charge is 2.28. The molecule has 0 saturated heterocycles. The Bertz CT molecular complexity index is 901. The molecule has 0 unspecified atom stereocenters. The predicted octanol–water partition coefficient (Wildman–Crippen LogP) is 2.58. The molecule has 0 radical (unpaired) electrons. The van der Waals surface area contributed by atoms with Crippen molar-refractivity contribution < 1.29 is 9.85 Å². The monoisotopic (exact) mass is 345 g/mol. The van der Waals surface area contributed by atoms with E-state index in [2.05, 4.69) is 6.07 Å². The van der Waals surface area contributed by atoms with E-state index < -0.39 is 9.85 Å². The molecule has 1 aromatic heterocycles. The van der Waals surface area contributed by atoms with Crippen LogP contribution < -0.4 is 10.6 Å². The molecule has 0 fully saturated rings. The second kappa shape index (κ2) is 5.78. The molecule has 0 atom stereocenters. The molecule has 0 spiro atoms. The van der Waals surface area contributed by atoms with Crippen molar-refractivity contribution >= 4 is 33.4 Å². The number of nitrogens with two attached hydrogens (primary N) is 1. The lowest BCUT2D eigenvalue weighted by Crippen LogP contribution is -2.30. The van der Waals surface area contributed by atoms with Crippen molar-refractivity contribution in [1.29, 1.82) is 5.26 Å². The lowest BCUT2D eigenvalue weighted by atomic mass is 10.0. The first kappa shape index (κ1) is 15.7. The van der Waals surface area contributed by atoms with Crippen molar-refractivity contribution in [1.82, 2.24) is 0 Å². The van der Waals surface area contributed by atoms with E-state index in [1.807, 2.05) is 0 Å². The Labute approximate surface area is 139 Å². The average molecular weight is 345 g/mol. The maximum absolute atomic E-state index is 11.3. The van der Waals surface area contributed by atoms with Crippen molar-refractivity contribution in [2.45, 2.75) is 13.0 Å². The predicted molar refractivity (Wildman–Crippen MR) is 88.0 cm³/mol. The van der Waals surface area contributed by atoms with Crippen molar-refractivity contribution in [3.8, 4) is 6.07 Å². The maximum atomic E-state index is 11.3. The fourth-order valence-corrected chi connectivity index (χ4v) is 3.88. The van der Waals surface area contributed by atoms with E-state index in [1.54, 1.807) is 4.90 Å². The molecule has 24 heavy (non-hydrogen) atoms. The molecule has 2 N–H and O–H groups in total. The number of nitrogen functional groups attached to an aromatic ring is 1. The van der Waals surface area contributed by atoms with Gasteiger partial charge in [-0.05, 0) is 18.1 Å². The first-order chi connectivity index (χ1) is 11.4. The Morgan fingerprint density at radius 1 is 1.29 bits per heavy atom. The number of thiophene rings is 1. The second-order valence-electron chi connectivity index (χ2n) is 5.21. The topological polar surface area (TPSA) is 139 Å². The van der Waals surface area contributed by atoms with Gasteiger partial charge in [0.15, 0.2) is 0 Å². The van der Waals surface area contributed by atoms with E-state index in [-0.39, 0.29) is 11.4 Å². The largest absolute Gasteiger partial charge is 0.389 e. The van der Waals surface area contributed by atoms with Gasteiger partial charge < -0.3 is 10.6 Å². The van der Waals surface area contributed by atoms with Gasteiger partial charge in [-0.2, -0.15) is 5.26 Å². The van der Waals surface area contributed by atoms with Crippen LogP contribution in [0.15, 0.2) is 18.2 Å². The Hall–Kier alpha value is -3.19. The quantitative estimate of drug-likeness (QED) is 0.666. The number of rotatable bonds is 3. The number of hydrogen-bond acceptors (Lipinski definition) is 8. The third-order valence-electron chi connectivity index (χ3n) is 3.90. The molecule has 122 valence electrons. The number of nitrogens with zero attached hydrogens (tertiary/aromatic N) is 4. The van der Waals surface area contributed by atoms with E-state index in [1.165, 1.54) is 23.5 Å². The molecule has 9 nitrogen and oxygen atoms in total. The summed E-state index contributed by atoms with van der Waals surface area (Å²) in [4.78, 5) is 23.5. The van der Waals surface area contributed by atoms with Gasteiger partial charge >= 0.3 is 0 Å². The number of nitro groups is 2. The van der Waals surface area contributed by atoms with E-state index in [0.29, 0.717) is 35.8 Å². The summed E-state index contributed by atoms with van der Waals surface area (Å²) in [7, 11) is 0. The van der Waals surface area contributed by atoms with Crippen molar-refractivity contribution in [2.24, 2.45) is 0 Å². The molecular weight excluding hydrogens is 334 g/mol. The van der Waals surface area contributed by atoms with Crippen LogP contribution in [0.25, 0.3) is 0 Å². The number of nitriles is 1. The zero-order valence-corrected chi connectivity index (χ0v) is 13.1. The summed E-state index contributed by atoms with van der Waals surface area (Å²) in [6.07, 6.45) is 0.542. The highest BCUT2D eigenvalue weighted by Crippen LogP contribution is 2.39. The van der Waals surface area contributed by atoms with Crippen LogP contribution in [-0.4, -0.2) is 16.4 Å². The summed E-state index contributed by atoms with van der Waals surface area (Å²) in [5.41, 5.74) is 6.90. The molecule has 2 heterocycles. The second-order valence-corrected chi connectivity index (χ2v) is 6.35. The molecule has 1 aromatic carbocycles. The minimum absolute atomic E-state index is 0.308. The molecule has 3 rings (SSSR count). The van der Waals surface area contributed by atoms with E-state index in [9.17, 15) is 20.2 Å². The SMILES string of the molecule is N#Cc1c(N)sc2c1CCN(c1ccc([N+](=O)[O-])cc1[N+](=O)[O-])C2. The van der Waals surface area contributed by atoms with Gasteiger partial charge in [-0.25, -0.2) is 0 Å². The molecule has 2 aromatic rings. The summed E-state index contributed by atoms with van der Waals surface area (Å²) in [6.45, 7) is 0.848. The smallest absolute Gasteiger partial charge is 0.299 e. The van der Waals surface area contributed by atoms with Crippen LogP contribution in [0, 0.1) is 31.6 Å². The van der Waals surface area contributed by atoms with Gasteiger partial charge in [-0.15, -0.1) is 11.3 Å². The van der Waals surface area contributed by atoms with E-state index in [4.69, 9.17) is 11.0 Å². The first-order valence-corrected chi connectivity index (χ1v) is 7.72. The van der Waals surface area contributed by atoms with Crippen molar-refractivity contribution in [2.75, 3.05) is 17.2 Å². The van der Waals surface area contributed by atoms with Gasteiger partial charge in [-0.1, -0.05) is 0 Å². The van der Waals surface area contributed by atoms with Gasteiger partial charge in [-0.3, -0.25) is 20.2 Å². The molecule has 1 aliphatic heterocycles. The van der Waals surface area contributed by atoms with Crippen LogP contribution in [0.2, 0.25) is 0 Å². The van der Waals surface area contributed by atoms with Gasteiger partial charge in [0.05, 0.1) is 28.0 Å². The van der Waals surface area contributed by atoms with Gasteiger partial charge in [0.25, 0.3) is 11.4 Å². The Kier molecular flexibility index (Phi) is 3.78.